The number of aromatic nitrogens is 2. The van der Waals surface area contributed by atoms with E-state index in [9.17, 15) is 13.6 Å². The van der Waals surface area contributed by atoms with Crippen LogP contribution in [0.2, 0.25) is 0 Å². The van der Waals surface area contributed by atoms with Crippen molar-refractivity contribution in [3.05, 3.63) is 64.9 Å². The quantitative estimate of drug-likeness (QED) is 0.691. The Kier molecular flexibility index (Phi) is 6.35. The fourth-order valence-electron chi connectivity index (χ4n) is 4.28. The second-order valence-corrected chi connectivity index (χ2v) is 8.58. The highest BCUT2D eigenvalue weighted by Gasteiger charge is 2.34. The molecule has 1 aliphatic heterocycles. The van der Waals surface area contributed by atoms with Gasteiger partial charge < -0.3 is 10.2 Å². The number of anilines is 1. The first-order valence-corrected chi connectivity index (χ1v) is 11.1. The molecule has 1 fully saturated rings. The molecule has 1 aromatic carbocycles. The third-order valence-corrected chi connectivity index (χ3v) is 6.05. The summed E-state index contributed by atoms with van der Waals surface area (Å²) < 4.78 is 27.9. The first kappa shape index (κ1) is 22.1. The number of hydrogen-bond acceptors (Lipinski definition) is 4. The first-order chi connectivity index (χ1) is 15.3. The van der Waals surface area contributed by atoms with Crippen LogP contribution in [0.4, 0.5) is 14.6 Å². The van der Waals surface area contributed by atoms with Crippen molar-refractivity contribution in [2.45, 2.75) is 51.9 Å². The Labute approximate surface area is 187 Å². The summed E-state index contributed by atoms with van der Waals surface area (Å²) in [6, 6.07) is 9.56. The van der Waals surface area contributed by atoms with Gasteiger partial charge in [0.25, 0.3) is 5.91 Å². The maximum absolute atomic E-state index is 14.0. The van der Waals surface area contributed by atoms with Crippen LogP contribution < -0.4 is 10.2 Å². The Morgan fingerprint density at radius 3 is 2.62 bits per heavy atom. The molecule has 1 N–H and O–H groups in total. The summed E-state index contributed by atoms with van der Waals surface area (Å²) in [4.78, 5) is 15.3. The van der Waals surface area contributed by atoms with Gasteiger partial charge in [-0.15, -0.1) is 10.2 Å². The molecule has 32 heavy (non-hydrogen) atoms. The zero-order valence-electron chi connectivity index (χ0n) is 18.5. The van der Waals surface area contributed by atoms with Crippen LogP contribution in [-0.4, -0.2) is 35.1 Å². The van der Waals surface area contributed by atoms with Crippen molar-refractivity contribution in [1.29, 1.82) is 0 Å². The van der Waals surface area contributed by atoms with E-state index in [-0.39, 0.29) is 25.3 Å². The number of allylic oxidation sites excluding steroid dienone is 3. The Hall–Kier alpha value is -3.09. The number of halogens is 2. The van der Waals surface area contributed by atoms with Gasteiger partial charge in [-0.1, -0.05) is 42.0 Å². The lowest BCUT2D eigenvalue weighted by Gasteiger charge is -2.25. The highest BCUT2D eigenvalue weighted by molar-refractivity contribution is 6.02. The fraction of sp³-hybridized carbons (Fsp3) is 0.400. The number of carbonyl (C=O) groups excluding carboxylic acids is 1. The third-order valence-electron chi connectivity index (χ3n) is 6.05. The Morgan fingerprint density at radius 1 is 1.09 bits per heavy atom. The van der Waals surface area contributed by atoms with Gasteiger partial charge in [0, 0.05) is 37.2 Å². The molecule has 1 amide bonds. The zero-order chi connectivity index (χ0) is 22.7. The first-order valence-electron chi connectivity index (χ1n) is 11.1. The Bertz CT molecular complexity index is 1060. The molecule has 2 heterocycles. The summed E-state index contributed by atoms with van der Waals surface area (Å²) in [6.07, 6.45) is 5.73. The van der Waals surface area contributed by atoms with Crippen LogP contribution in [-0.2, 0) is 0 Å². The lowest BCUT2D eigenvalue weighted by atomic mass is 10.0. The van der Waals surface area contributed by atoms with Crippen molar-refractivity contribution in [2.75, 3.05) is 18.0 Å². The van der Waals surface area contributed by atoms with E-state index in [4.69, 9.17) is 0 Å². The standard InChI is InChI=1S/C25H28F2N4O/c1-17-8-6-11-20(16-17)28-24(32)21-18(2)22(19-9-4-3-5-10-19)29-30-23(21)31-14-7-12-25(26,27)13-15-31/h3-5,9-11,16H,6-8,12-15H2,1-2H3,(H,28,32). The van der Waals surface area contributed by atoms with Crippen molar-refractivity contribution in [3.63, 3.8) is 0 Å². The van der Waals surface area contributed by atoms with E-state index < -0.39 is 5.92 Å². The summed E-state index contributed by atoms with van der Waals surface area (Å²) in [5.41, 5.74) is 4.50. The normalized spacial score (nSPS) is 18.4. The molecule has 2 aliphatic rings. The van der Waals surface area contributed by atoms with Crippen LogP contribution in [0.15, 0.2) is 53.8 Å². The minimum Gasteiger partial charge on any atom is -0.354 e. The number of benzene rings is 1. The van der Waals surface area contributed by atoms with Crippen molar-refractivity contribution < 1.29 is 13.6 Å². The fourth-order valence-corrected chi connectivity index (χ4v) is 4.28. The third kappa shape index (κ3) is 4.87. The number of nitrogens with one attached hydrogen (secondary N) is 1. The van der Waals surface area contributed by atoms with Crippen molar-refractivity contribution in [2.24, 2.45) is 0 Å². The van der Waals surface area contributed by atoms with Crippen LogP contribution >= 0.6 is 0 Å². The molecule has 7 heteroatoms. The molecule has 1 aliphatic carbocycles. The summed E-state index contributed by atoms with van der Waals surface area (Å²) in [5, 5.41) is 11.8. The number of alkyl halides is 2. The number of hydrogen-bond donors (Lipinski definition) is 1. The van der Waals surface area contributed by atoms with Gasteiger partial charge in [0.1, 0.15) is 0 Å². The van der Waals surface area contributed by atoms with E-state index in [1.165, 1.54) is 5.57 Å². The number of rotatable bonds is 4. The lowest BCUT2D eigenvalue weighted by Crippen LogP contribution is -2.32. The molecule has 2 aromatic rings. The lowest BCUT2D eigenvalue weighted by molar-refractivity contribution is -0.0102. The SMILES string of the molecule is CC1=CC(NC(=O)c2c(N3CCCC(F)(F)CC3)nnc(-c3ccccc3)c2C)=CCC1. The van der Waals surface area contributed by atoms with Gasteiger partial charge >= 0.3 is 0 Å². The second-order valence-electron chi connectivity index (χ2n) is 8.58. The van der Waals surface area contributed by atoms with Crippen LogP contribution in [0, 0.1) is 6.92 Å². The summed E-state index contributed by atoms with van der Waals surface area (Å²) in [6.45, 7) is 4.43. The number of amides is 1. The maximum Gasteiger partial charge on any atom is 0.259 e. The molecule has 0 unspecified atom stereocenters. The van der Waals surface area contributed by atoms with Crippen LogP contribution in [0.25, 0.3) is 11.3 Å². The summed E-state index contributed by atoms with van der Waals surface area (Å²) in [5.74, 6) is -2.62. The van der Waals surface area contributed by atoms with Crippen LogP contribution in [0.3, 0.4) is 0 Å². The van der Waals surface area contributed by atoms with Gasteiger partial charge in [0.05, 0.1) is 11.3 Å². The minimum absolute atomic E-state index is 0.133. The van der Waals surface area contributed by atoms with E-state index in [1.807, 2.05) is 56.3 Å². The maximum atomic E-state index is 14.0. The minimum atomic E-state index is -2.70. The predicted molar refractivity (Wildman–Crippen MR) is 122 cm³/mol. The van der Waals surface area contributed by atoms with E-state index in [1.54, 1.807) is 4.90 Å². The van der Waals surface area contributed by atoms with E-state index in [0.29, 0.717) is 35.6 Å². The molecule has 0 bridgehead atoms. The van der Waals surface area contributed by atoms with Gasteiger partial charge in [0.2, 0.25) is 5.92 Å². The van der Waals surface area contributed by atoms with Gasteiger partial charge in [-0.25, -0.2) is 8.78 Å². The molecule has 0 radical (unpaired) electrons. The van der Waals surface area contributed by atoms with Crippen LogP contribution in [0.5, 0.6) is 0 Å². The molecular weight excluding hydrogens is 410 g/mol. The Morgan fingerprint density at radius 2 is 1.88 bits per heavy atom. The molecule has 4 rings (SSSR count). The van der Waals surface area contributed by atoms with Gasteiger partial charge in [-0.2, -0.15) is 0 Å². The molecule has 1 saturated heterocycles. The van der Waals surface area contributed by atoms with E-state index >= 15 is 0 Å². The molecule has 0 spiro atoms. The smallest absolute Gasteiger partial charge is 0.259 e. The van der Waals surface area contributed by atoms with Crippen molar-refractivity contribution in [1.82, 2.24) is 15.5 Å². The largest absolute Gasteiger partial charge is 0.354 e. The average Bonchev–Trinajstić information content (AvgIpc) is 2.94. The Balaban J connectivity index is 1.75. The molecule has 0 atom stereocenters. The van der Waals surface area contributed by atoms with E-state index in [2.05, 4.69) is 15.5 Å². The molecule has 1 aromatic heterocycles. The molecular formula is C25H28F2N4O. The molecule has 168 valence electrons. The molecule has 0 saturated carbocycles. The molecule has 5 nitrogen and oxygen atoms in total. The zero-order valence-corrected chi connectivity index (χ0v) is 18.5. The van der Waals surface area contributed by atoms with Crippen molar-refractivity contribution in [3.8, 4) is 11.3 Å². The van der Waals surface area contributed by atoms with Crippen molar-refractivity contribution >= 4 is 11.7 Å². The van der Waals surface area contributed by atoms with Crippen LogP contribution in [0.1, 0.15) is 54.9 Å². The summed E-state index contributed by atoms with van der Waals surface area (Å²) in [7, 11) is 0. The predicted octanol–water partition coefficient (Wildman–Crippen LogP) is 5.43. The monoisotopic (exact) mass is 438 g/mol. The van der Waals surface area contributed by atoms with Gasteiger partial charge in [-0.05, 0) is 44.7 Å². The topological polar surface area (TPSA) is 58.1 Å². The highest BCUT2D eigenvalue weighted by atomic mass is 19.3. The number of nitrogens with zero attached hydrogens (tertiary/aromatic N) is 3. The van der Waals surface area contributed by atoms with Gasteiger partial charge in [-0.3, -0.25) is 4.79 Å². The van der Waals surface area contributed by atoms with Gasteiger partial charge in [0.15, 0.2) is 5.82 Å². The summed E-state index contributed by atoms with van der Waals surface area (Å²) >= 11 is 0. The van der Waals surface area contributed by atoms with E-state index in [0.717, 1.165) is 24.1 Å². The highest BCUT2D eigenvalue weighted by Crippen LogP contribution is 2.33. The number of carbonyl (C=O) groups is 1. The average molecular weight is 439 g/mol. The second kappa shape index (κ2) is 9.18.